The number of hydrazine groups is 1. The Morgan fingerprint density at radius 3 is 2.71 bits per heavy atom. The Labute approximate surface area is 86.5 Å². The smallest absolute Gasteiger partial charge is 0.208 e. The molecule has 0 aliphatic carbocycles. The van der Waals surface area contributed by atoms with Crippen molar-refractivity contribution in [1.29, 1.82) is 0 Å². The van der Waals surface area contributed by atoms with Gasteiger partial charge in [0, 0.05) is 19.1 Å². The van der Waals surface area contributed by atoms with Crippen LogP contribution in [0.2, 0.25) is 0 Å². The van der Waals surface area contributed by atoms with Crippen LogP contribution in [0.4, 0.5) is 0 Å². The van der Waals surface area contributed by atoms with E-state index in [1.54, 1.807) is 0 Å². The highest BCUT2D eigenvalue weighted by Crippen LogP contribution is 2.22. The fraction of sp³-hybridized carbons (Fsp3) is 0.900. The van der Waals surface area contributed by atoms with Gasteiger partial charge in [-0.1, -0.05) is 13.8 Å². The van der Waals surface area contributed by atoms with Crippen LogP contribution in [0.1, 0.15) is 33.6 Å². The van der Waals surface area contributed by atoms with E-state index in [1.807, 2.05) is 0 Å². The first-order chi connectivity index (χ1) is 6.70. The Kier molecular flexibility index (Phi) is 4.20. The molecule has 1 aliphatic heterocycles. The summed E-state index contributed by atoms with van der Waals surface area (Å²) in [5.41, 5.74) is 2.71. The van der Waals surface area contributed by atoms with Crippen molar-refractivity contribution in [2.45, 2.75) is 39.7 Å². The van der Waals surface area contributed by atoms with Crippen LogP contribution in [0, 0.1) is 5.92 Å². The number of guanidine groups is 1. The van der Waals surface area contributed by atoms with Crippen molar-refractivity contribution in [3.63, 3.8) is 0 Å². The standard InChI is InChI=1S/C10H22N4/c1-4-6-12-10(13-11)14-7-5-8(2)9(14)3/h8-9H,4-7,11H2,1-3H3,(H,12,13). The summed E-state index contributed by atoms with van der Waals surface area (Å²) in [5, 5.41) is 0. The topological polar surface area (TPSA) is 53.6 Å². The number of hydrogen-bond donors (Lipinski definition) is 2. The van der Waals surface area contributed by atoms with Gasteiger partial charge < -0.3 is 4.90 Å². The van der Waals surface area contributed by atoms with Gasteiger partial charge in [0.2, 0.25) is 5.96 Å². The Bertz CT molecular complexity index is 202. The van der Waals surface area contributed by atoms with Gasteiger partial charge in [0.1, 0.15) is 0 Å². The minimum atomic E-state index is 0.543. The van der Waals surface area contributed by atoms with Crippen LogP contribution in [-0.4, -0.2) is 30.0 Å². The number of hydrogen-bond acceptors (Lipinski definition) is 2. The number of likely N-dealkylation sites (tertiary alicyclic amines) is 1. The first-order valence-corrected chi connectivity index (χ1v) is 5.48. The summed E-state index contributed by atoms with van der Waals surface area (Å²) in [6.45, 7) is 8.54. The van der Waals surface area contributed by atoms with Crippen LogP contribution < -0.4 is 11.3 Å². The molecule has 3 N–H and O–H groups in total. The molecule has 0 aromatic rings. The molecule has 2 unspecified atom stereocenters. The zero-order valence-electron chi connectivity index (χ0n) is 9.45. The lowest BCUT2D eigenvalue weighted by Gasteiger charge is -2.26. The average Bonchev–Trinajstić information content (AvgIpc) is 2.51. The van der Waals surface area contributed by atoms with Gasteiger partial charge in [-0.2, -0.15) is 0 Å². The van der Waals surface area contributed by atoms with Gasteiger partial charge in [0.25, 0.3) is 0 Å². The molecule has 0 saturated carbocycles. The molecule has 82 valence electrons. The molecule has 0 amide bonds. The molecular formula is C10H22N4. The average molecular weight is 198 g/mol. The van der Waals surface area contributed by atoms with E-state index in [9.17, 15) is 0 Å². The summed E-state index contributed by atoms with van der Waals surface area (Å²) in [4.78, 5) is 6.70. The van der Waals surface area contributed by atoms with Crippen molar-refractivity contribution >= 4 is 5.96 Å². The molecule has 0 radical (unpaired) electrons. The Morgan fingerprint density at radius 1 is 1.57 bits per heavy atom. The van der Waals surface area contributed by atoms with Crippen molar-refractivity contribution in [2.24, 2.45) is 16.8 Å². The van der Waals surface area contributed by atoms with E-state index in [1.165, 1.54) is 6.42 Å². The summed E-state index contributed by atoms with van der Waals surface area (Å²) in [6, 6.07) is 0.543. The van der Waals surface area contributed by atoms with E-state index >= 15 is 0 Å². The summed E-state index contributed by atoms with van der Waals surface area (Å²) >= 11 is 0. The van der Waals surface area contributed by atoms with Crippen molar-refractivity contribution in [3.05, 3.63) is 0 Å². The van der Waals surface area contributed by atoms with Gasteiger partial charge in [-0.15, -0.1) is 0 Å². The Hall–Kier alpha value is -0.770. The van der Waals surface area contributed by atoms with Gasteiger partial charge >= 0.3 is 0 Å². The molecule has 4 nitrogen and oxygen atoms in total. The molecule has 0 aromatic heterocycles. The van der Waals surface area contributed by atoms with E-state index in [0.29, 0.717) is 6.04 Å². The summed E-state index contributed by atoms with van der Waals surface area (Å²) in [6.07, 6.45) is 2.29. The second-order valence-electron chi connectivity index (χ2n) is 4.05. The maximum atomic E-state index is 5.48. The molecule has 1 rings (SSSR count). The molecular weight excluding hydrogens is 176 g/mol. The summed E-state index contributed by atoms with van der Waals surface area (Å²) < 4.78 is 0. The molecule has 4 heteroatoms. The van der Waals surface area contributed by atoms with Crippen LogP contribution in [0.15, 0.2) is 4.99 Å². The Morgan fingerprint density at radius 2 is 2.29 bits per heavy atom. The van der Waals surface area contributed by atoms with Crippen molar-refractivity contribution in [3.8, 4) is 0 Å². The van der Waals surface area contributed by atoms with Crippen LogP contribution in [0.5, 0.6) is 0 Å². The minimum Gasteiger partial charge on any atom is -0.339 e. The van der Waals surface area contributed by atoms with Crippen LogP contribution in [0.25, 0.3) is 0 Å². The summed E-state index contributed by atoms with van der Waals surface area (Å²) in [5.74, 6) is 7.06. The first-order valence-electron chi connectivity index (χ1n) is 5.48. The number of aliphatic imine (C=N–C) groups is 1. The van der Waals surface area contributed by atoms with E-state index in [-0.39, 0.29) is 0 Å². The highest BCUT2D eigenvalue weighted by molar-refractivity contribution is 5.80. The molecule has 0 spiro atoms. The maximum Gasteiger partial charge on any atom is 0.208 e. The largest absolute Gasteiger partial charge is 0.339 e. The third kappa shape index (κ3) is 2.38. The monoisotopic (exact) mass is 198 g/mol. The van der Waals surface area contributed by atoms with Gasteiger partial charge in [0.15, 0.2) is 0 Å². The molecule has 1 heterocycles. The number of nitrogens with zero attached hydrogens (tertiary/aromatic N) is 2. The number of rotatable bonds is 2. The van der Waals surface area contributed by atoms with Crippen molar-refractivity contribution < 1.29 is 0 Å². The minimum absolute atomic E-state index is 0.543. The molecule has 1 saturated heterocycles. The van der Waals surface area contributed by atoms with E-state index < -0.39 is 0 Å². The van der Waals surface area contributed by atoms with Crippen LogP contribution >= 0.6 is 0 Å². The second-order valence-corrected chi connectivity index (χ2v) is 4.05. The lowest BCUT2D eigenvalue weighted by atomic mass is 10.1. The molecule has 1 aliphatic rings. The first kappa shape index (κ1) is 11.3. The Balaban J connectivity index is 2.61. The second kappa shape index (κ2) is 5.20. The van der Waals surface area contributed by atoms with Gasteiger partial charge in [0.05, 0.1) is 0 Å². The third-order valence-corrected chi connectivity index (χ3v) is 3.03. The third-order valence-electron chi connectivity index (χ3n) is 3.03. The number of nitrogens with two attached hydrogens (primary N) is 1. The van der Waals surface area contributed by atoms with Crippen LogP contribution in [-0.2, 0) is 0 Å². The zero-order valence-corrected chi connectivity index (χ0v) is 9.45. The lowest BCUT2D eigenvalue weighted by molar-refractivity contribution is 0.358. The maximum absolute atomic E-state index is 5.48. The molecule has 14 heavy (non-hydrogen) atoms. The van der Waals surface area contributed by atoms with Gasteiger partial charge in [-0.05, 0) is 25.7 Å². The van der Waals surface area contributed by atoms with Crippen molar-refractivity contribution in [2.75, 3.05) is 13.1 Å². The molecule has 0 bridgehead atoms. The quantitative estimate of drug-likeness (QED) is 0.300. The van der Waals surface area contributed by atoms with Crippen molar-refractivity contribution in [1.82, 2.24) is 10.3 Å². The highest BCUT2D eigenvalue weighted by Gasteiger charge is 2.29. The zero-order chi connectivity index (χ0) is 10.6. The molecule has 2 atom stereocenters. The fourth-order valence-electron chi connectivity index (χ4n) is 1.83. The van der Waals surface area contributed by atoms with E-state index in [0.717, 1.165) is 31.4 Å². The van der Waals surface area contributed by atoms with E-state index in [4.69, 9.17) is 5.84 Å². The molecule has 0 aromatic carbocycles. The number of nitrogens with one attached hydrogen (secondary N) is 1. The predicted octanol–water partition coefficient (Wildman–Crippen LogP) is 0.946. The predicted molar refractivity (Wildman–Crippen MR) is 59.9 cm³/mol. The highest BCUT2D eigenvalue weighted by atomic mass is 15.4. The fourth-order valence-corrected chi connectivity index (χ4v) is 1.83. The van der Waals surface area contributed by atoms with Crippen LogP contribution in [0.3, 0.4) is 0 Å². The van der Waals surface area contributed by atoms with E-state index in [2.05, 4.69) is 36.1 Å². The molecule has 1 fully saturated rings. The lowest BCUT2D eigenvalue weighted by Crippen LogP contribution is -2.47. The summed E-state index contributed by atoms with van der Waals surface area (Å²) in [7, 11) is 0. The van der Waals surface area contributed by atoms with Gasteiger partial charge in [-0.25, -0.2) is 5.84 Å². The SMILES string of the molecule is CCCN=C(NN)N1CCC(C)C1C. The normalized spacial score (nSPS) is 28.3. The van der Waals surface area contributed by atoms with Gasteiger partial charge in [-0.3, -0.25) is 10.4 Å².